The molecule has 0 aliphatic carbocycles. The second kappa shape index (κ2) is 11.5. The van der Waals surface area contributed by atoms with E-state index in [0.717, 1.165) is 12.8 Å². The van der Waals surface area contributed by atoms with Crippen LogP contribution in [0.3, 0.4) is 0 Å². The van der Waals surface area contributed by atoms with Gasteiger partial charge in [-0.2, -0.15) is 0 Å². The average Bonchev–Trinajstić information content (AvgIpc) is 2.67. The molecule has 0 saturated carbocycles. The normalized spacial score (nSPS) is 12.9. The SMILES string of the molecule is CCC(C)c1ccc(O)cc1.CCC(C)c1ccc(OC(=O)OC(C)(C)C)cc1. The van der Waals surface area contributed by atoms with Crippen LogP contribution < -0.4 is 4.74 Å². The van der Waals surface area contributed by atoms with Gasteiger partial charge in [-0.15, -0.1) is 0 Å². The van der Waals surface area contributed by atoms with Crippen LogP contribution in [0.2, 0.25) is 0 Å². The summed E-state index contributed by atoms with van der Waals surface area (Å²) in [6, 6.07) is 15.0. The standard InChI is InChI=1S/C15H22O3.C10H14O/c1-6-11(2)12-7-9-13(10-8-12)17-14(16)18-15(3,4)5;1-3-8(2)9-4-6-10(11)7-5-9/h7-11H,6H2,1-5H3;4-8,11H,3H2,1-2H3. The van der Waals surface area contributed by atoms with E-state index in [-0.39, 0.29) is 0 Å². The number of phenolic OH excluding ortho intramolecular Hbond substituents is 1. The molecule has 0 amide bonds. The topological polar surface area (TPSA) is 55.8 Å². The molecular formula is C25H36O4. The number of hydrogen-bond donors (Lipinski definition) is 1. The molecule has 2 rings (SSSR count). The Bertz CT molecular complexity index is 727. The summed E-state index contributed by atoms with van der Waals surface area (Å²) in [5, 5.41) is 9.01. The minimum Gasteiger partial charge on any atom is -0.508 e. The van der Waals surface area contributed by atoms with Crippen molar-refractivity contribution in [2.75, 3.05) is 0 Å². The van der Waals surface area contributed by atoms with Gasteiger partial charge in [-0.05, 0) is 80.8 Å². The first-order valence-electron chi connectivity index (χ1n) is 10.3. The van der Waals surface area contributed by atoms with Gasteiger partial charge in [0.1, 0.15) is 17.1 Å². The molecule has 0 radical (unpaired) electrons. The van der Waals surface area contributed by atoms with Crippen molar-refractivity contribution in [3.63, 3.8) is 0 Å². The smallest absolute Gasteiger partial charge is 0.508 e. The summed E-state index contributed by atoms with van der Waals surface area (Å²) in [5.74, 6) is 1.96. The van der Waals surface area contributed by atoms with Crippen LogP contribution in [-0.2, 0) is 4.74 Å². The van der Waals surface area contributed by atoms with E-state index in [1.807, 2.05) is 24.3 Å². The summed E-state index contributed by atoms with van der Waals surface area (Å²) in [5.41, 5.74) is 2.01. The maximum absolute atomic E-state index is 11.5. The average molecular weight is 401 g/mol. The first-order valence-corrected chi connectivity index (χ1v) is 10.3. The number of aromatic hydroxyl groups is 1. The van der Waals surface area contributed by atoms with Crippen molar-refractivity contribution in [2.45, 2.75) is 78.7 Å². The lowest BCUT2D eigenvalue weighted by Gasteiger charge is -2.18. The Balaban J connectivity index is 0.000000326. The van der Waals surface area contributed by atoms with E-state index in [1.165, 1.54) is 11.1 Å². The fourth-order valence-electron chi connectivity index (χ4n) is 2.51. The van der Waals surface area contributed by atoms with Crippen molar-refractivity contribution in [3.05, 3.63) is 59.7 Å². The van der Waals surface area contributed by atoms with Crippen molar-refractivity contribution in [3.8, 4) is 11.5 Å². The van der Waals surface area contributed by atoms with Gasteiger partial charge in [0.15, 0.2) is 0 Å². The molecule has 2 aromatic rings. The highest BCUT2D eigenvalue weighted by atomic mass is 16.7. The second-order valence-corrected chi connectivity index (χ2v) is 8.35. The van der Waals surface area contributed by atoms with Gasteiger partial charge in [0.2, 0.25) is 0 Å². The number of hydrogen-bond acceptors (Lipinski definition) is 4. The minimum absolute atomic E-state index is 0.344. The van der Waals surface area contributed by atoms with Gasteiger partial charge in [0.05, 0.1) is 0 Å². The summed E-state index contributed by atoms with van der Waals surface area (Å²) in [6.45, 7) is 14.1. The molecule has 2 atom stereocenters. The quantitative estimate of drug-likeness (QED) is 0.419. The van der Waals surface area contributed by atoms with Gasteiger partial charge in [-0.3, -0.25) is 0 Å². The molecule has 4 heteroatoms. The van der Waals surface area contributed by atoms with E-state index in [2.05, 4.69) is 27.7 Å². The molecule has 0 aliphatic rings. The molecule has 2 unspecified atom stereocenters. The first kappa shape index (κ1) is 24.5. The van der Waals surface area contributed by atoms with Crippen molar-refractivity contribution < 1.29 is 19.4 Å². The number of phenols is 1. The monoisotopic (exact) mass is 400 g/mol. The van der Waals surface area contributed by atoms with Crippen LogP contribution >= 0.6 is 0 Å². The largest absolute Gasteiger partial charge is 0.514 e. The van der Waals surface area contributed by atoms with Crippen LogP contribution in [0.5, 0.6) is 11.5 Å². The molecule has 0 saturated heterocycles. The highest BCUT2D eigenvalue weighted by molar-refractivity contribution is 5.64. The van der Waals surface area contributed by atoms with Gasteiger partial charge in [0.25, 0.3) is 0 Å². The molecular weight excluding hydrogens is 364 g/mol. The van der Waals surface area contributed by atoms with Crippen molar-refractivity contribution in [1.82, 2.24) is 0 Å². The van der Waals surface area contributed by atoms with E-state index in [4.69, 9.17) is 14.6 Å². The Labute approximate surface area is 175 Å². The molecule has 0 bridgehead atoms. The Kier molecular flexibility index (Phi) is 9.73. The van der Waals surface area contributed by atoms with Crippen LogP contribution in [0.1, 0.15) is 84.3 Å². The molecule has 160 valence electrons. The summed E-state index contributed by atoms with van der Waals surface area (Å²) >= 11 is 0. The van der Waals surface area contributed by atoms with Crippen LogP contribution in [0.25, 0.3) is 0 Å². The van der Waals surface area contributed by atoms with E-state index in [1.54, 1.807) is 45.0 Å². The van der Waals surface area contributed by atoms with Crippen LogP contribution in [-0.4, -0.2) is 16.9 Å². The molecule has 1 N–H and O–H groups in total. The first-order chi connectivity index (χ1) is 13.6. The van der Waals surface area contributed by atoms with Crippen LogP contribution in [0.15, 0.2) is 48.5 Å². The van der Waals surface area contributed by atoms with Gasteiger partial charge >= 0.3 is 6.16 Å². The fraction of sp³-hybridized carbons (Fsp3) is 0.480. The Morgan fingerprint density at radius 1 is 0.862 bits per heavy atom. The lowest BCUT2D eigenvalue weighted by molar-refractivity contribution is 0.0206. The lowest BCUT2D eigenvalue weighted by atomic mass is 9.99. The Morgan fingerprint density at radius 2 is 1.28 bits per heavy atom. The second-order valence-electron chi connectivity index (χ2n) is 8.35. The molecule has 4 nitrogen and oxygen atoms in total. The number of carbonyl (C=O) groups is 1. The van der Waals surface area contributed by atoms with E-state index < -0.39 is 11.8 Å². The Morgan fingerprint density at radius 3 is 1.66 bits per heavy atom. The van der Waals surface area contributed by atoms with Crippen LogP contribution in [0, 0.1) is 0 Å². The third kappa shape index (κ3) is 9.51. The summed E-state index contributed by atoms with van der Waals surface area (Å²) in [7, 11) is 0. The number of carbonyl (C=O) groups excluding carboxylic acids is 1. The molecule has 0 fully saturated rings. The highest BCUT2D eigenvalue weighted by Crippen LogP contribution is 2.22. The number of benzene rings is 2. The summed E-state index contributed by atoms with van der Waals surface area (Å²) in [6.07, 6.45) is 1.57. The van der Waals surface area contributed by atoms with E-state index in [9.17, 15) is 4.79 Å². The third-order valence-electron chi connectivity index (χ3n) is 4.73. The molecule has 0 heterocycles. The minimum atomic E-state index is -0.668. The molecule has 29 heavy (non-hydrogen) atoms. The lowest BCUT2D eigenvalue weighted by Crippen LogP contribution is -2.25. The van der Waals surface area contributed by atoms with Gasteiger partial charge in [-0.1, -0.05) is 52.0 Å². The van der Waals surface area contributed by atoms with Crippen molar-refractivity contribution in [1.29, 1.82) is 0 Å². The zero-order valence-corrected chi connectivity index (χ0v) is 18.9. The zero-order valence-electron chi connectivity index (χ0n) is 18.9. The van der Waals surface area contributed by atoms with Crippen molar-refractivity contribution >= 4 is 6.16 Å². The van der Waals surface area contributed by atoms with Gasteiger partial charge < -0.3 is 14.6 Å². The Hall–Kier alpha value is -2.49. The predicted octanol–water partition coefficient (Wildman–Crippen LogP) is 7.42. The molecule has 0 spiro atoms. The van der Waals surface area contributed by atoms with Gasteiger partial charge in [0, 0.05) is 0 Å². The molecule has 0 aliphatic heterocycles. The highest BCUT2D eigenvalue weighted by Gasteiger charge is 2.18. The maximum atomic E-state index is 11.5. The van der Waals surface area contributed by atoms with Crippen LogP contribution in [0.4, 0.5) is 4.79 Å². The number of ether oxygens (including phenoxy) is 2. The number of rotatable bonds is 5. The summed E-state index contributed by atoms with van der Waals surface area (Å²) < 4.78 is 10.2. The predicted molar refractivity (Wildman–Crippen MR) is 119 cm³/mol. The van der Waals surface area contributed by atoms with E-state index >= 15 is 0 Å². The third-order valence-corrected chi connectivity index (χ3v) is 4.73. The zero-order chi connectivity index (χ0) is 22.0. The van der Waals surface area contributed by atoms with Crippen molar-refractivity contribution in [2.24, 2.45) is 0 Å². The maximum Gasteiger partial charge on any atom is 0.514 e. The van der Waals surface area contributed by atoms with Gasteiger partial charge in [-0.25, -0.2) is 4.79 Å². The summed E-state index contributed by atoms with van der Waals surface area (Å²) in [4.78, 5) is 11.5. The molecule has 2 aromatic carbocycles. The fourth-order valence-corrected chi connectivity index (χ4v) is 2.51. The van der Waals surface area contributed by atoms with E-state index in [0.29, 0.717) is 23.3 Å². The molecule has 0 aromatic heterocycles.